The van der Waals surface area contributed by atoms with E-state index in [1.165, 1.54) is 10.4 Å². The number of nitrogens with zero attached hydrogens (tertiary/aromatic N) is 3. The SMILES string of the molecule is Cc1sc2ncnc(Nc3ccncc3)c2c1C. The van der Waals surface area contributed by atoms with Crippen molar-refractivity contribution in [1.29, 1.82) is 0 Å². The van der Waals surface area contributed by atoms with Gasteiger partial charge in [-0.25, -0.2) is 9.97 Å². The van der Waals surface area contributed by atoms with Gasteiger partial charge in [-0.2, -0.15) is 0 Å². The van der Waals surface area contributed by atoms with Gasteiger partial charge in [0.2, 0.25) is 0 Å². The predicted octanol–water partition coefficient (Wildman–Crippen LogP) is 3.45. The minimum Gasteiger partial charge on any atom is -0.339 e. The summed E-state index contributed by atoms with van der Waals surface area (Å²) in [4.78, 5) is 15.0. The first-order valence-corrected chi connectivity index (χ1v) is 6.45. The van der Waals surface area contributed by atoms with E-state index in [2.05, 4.69) is 34.1 Å². The highest BCUT2D eigenvalue weighted by atomic mass is 32.1. The molecule has 0 fully saturated rings. The van der Waals surface area contributed by atoms with E-state index in [0.717, 1.165) is 21.7 Å². The summed E-state index contributed by atoms with van der Waals surface area (Å²) >= 11 is 1.70. The molecule has 3 aromatic rings. The first-order chi connectivity index (χ1) is 8.75. The molecule has 0 bridgehead atoms. The van der Waals surface area contributed by atoms with Crippen molar-refractivity contribution < 1.29 is 0 Å². The third kappa shape index (κ3) is 1.82. The van der Waals surface area contributed by atoms with Crippen molar-refractivity contribution >= 4 is 33.1 Å². The molecule has 90 valence electrons. The molecule has 0 aromatic carbocycles. The number of fused-ring (bicyclic) bond motifs is 1. The van der Waals surface area contributed by atoms with Gasteiger partial charge in [0.05, 0.1) is 5.39 Å². The fraction of sp³-hybridized carbons (Fsp3) is 0.154. The average molecular weight is 256 g/mol. The van der Waals surface area contributed by atoms with Crippen LogP contribution in [0.25, 0.3) is 10.2 Å². The fourth-order valence-corrected chi connectivity index (χ4v) is 2.85. The van der Waals surface area contributed by atoms with Crippen LogP contribution in [0, 0.1) is 13.8 Å². The van der Waals surface area contributed by atoms with Gasteiger partial charge in [-0.1, -0.05) is 0 Å². The summed E-state index contributed by atoms with van der Waals surface area (Å²) in [7, 11) is 0. The quantitative estimate of drug-likeness (QED) is 0.763. The van der Waals surface area contributed by atoms with E-state index in [0.29, 0.717) is 0 Å². The molecule has 0 aliphatic heterocycles. The zero-order valence-electron chi connectivity index (χ0n) is 10.1. The lowest BCUT2D eigenvalue weighted by Crippen LogP contribution is -1.95. The first kappa shape index (κ1) is 11.1. The van der Waals surface area contributed by atoms with Crippen LogP contribution in [0.5, 0.6) is 0 Å². The van der Waals surface area contributed by atoms with Gasteiger partial charge in [0.15, 0.2) is 0 Å². The molecule has 0 radical (unpaired) electrons. The minimum atomic E-state index is 0.855. The van der Waals surface area contributed by atoms with E-state index in [-0.39, 0.29) is 0 Å². The third-order valence-corrected chi connectivity index (χ3v) is 4.02. The Hall–Kier alpha value is -2.01. The molecule has 18 heavy (non-hydrogen) atoms. The maximum absolute atomic E-state index is 4.34. The molecule has 3 rings (SSSR count). The standard InChI is InChI=1S/C13H12N4S/c1-8-9(2)18-13-11(8)12(15-7-16-13)17-10-3-5-14-6-4-10/h3-7H,1-2H3,(H,14,15,16,17). The minimum absolute atomic E-state index is 0.855. The number of hydrogen-bond donors (Lipinski definition) is 1. The average Bonchev–Trinajstić information content (AvgIpc) is 2.67. The summed E-state index contributed by atoms with van der Waals surface area (Å²) in [6, 6.07) is 3.84. The van der Waals surface area contributed by atoms with Gasteiger partial charge < -0.3 is 5.32 Å². The van der Waals surface area contributed by atoms with E-state index in [1.807, 2.05) is 12.1 Å². The lowest BCUT2D eigenvalue weighted by atomic mass is 10.2. The zero-order valence-corrected chi connectivity index (χ0v) is 11.0. The zero-order chi connectivity index (χ0) is 12.5. The molecule has 0 unspecified atom stereocenters. The molecule has 0 atom stereocenters. The molecule has 5 heteroatoms. The van der Waals surface area contributed by atoms with Crippen molar-refractivity contribution in [2.45, 2.75) is 13.8 Å². The Labute approximate surface area is 109 Å². The topological polar surface area (TPSA) is 50.7 Å². The molecule has 0 aliphatic carbocycles. The molecule has 3 heterocycles. The van der Waals surface area contributed by atoms with E-state index < -0.39 is 0 Å². The Morgan fingerprint density at radius 2 is 1.89 bits per heavy atom. The number of aromatic nitrogens is 3. The van der Waals surface area contributed by atoms with Crippen LogP contribution in [0.1, 0.15) is 10.4 Å². The number of nitrogens with one attached hydrogen (secondary N) is 1. The number of aryl methyl sites for hydroxylation is 2. The normalized spacial score (nSPS) is 10.8. The van der Waals surface area contributed by atoms with Crippen LogP contribution in [0.2, 0.25) is 0 Å². The van der Waals surface area contributed by atoms with E-state index in [4.69, 9.17) is 0 Å². The van der Waals surface area contributed by atoms with Gasteiger partial charge in [0.25, 0.3) is 0 Å². The van der Waals surface area contributed by atoms with Crippen LogP contribution < -0.4 is 5.32 Å². The molecule has 0 saturated carbocycles. The van der Waals surface area contributed by atoms with Crippen LogP contribution >= 0.6 is 11.3 Å². The third-order valence-electron chi connectivity index (χ3n) is 2.91. The molecule has 0 saturated heterocycles. The Bertz CT molecular complexity index is 691. The molecule has 3 aromatic heterocycles. The Balaban J connectivity index is 2.12. The molecule has 0 aliphatic rings. The van der Waals surface area contributed by atoms with Crippen LogP contribution in [-0.2, 0) is 0 Å². The van der Waals surface area contributed by atoms with Gasteiger partial charge in [-0.15, -0.1) is 11.3 Å². The Morgan fingerprint density at radius 3 is 2.67 bits per heavy atom. The Kier molecular flexibility index (Phi) is 2.68. The monoisotopic (exact) mass is 256 g/mol. The van der Waals surface area contributed by atoms with Gasteiger partial charge in [0.1, 0.15) is 17.0 Å². The molecule has 4 nitrogen and oxygen atoms in total. The molecule has 1 N–H and O–H groups in total. The van der Waals surface area contributed by atoms with Gasteiger partial charge in [-0.05, 0) is 31.5 Å². The second-order valence-corrected chi connectivity index (χ2v) is 5.25. The lowest BCUT2D eigenvalue weighted by molar-refractivity contribution is 1.22. The van der Waals surface area contributed by atoms with Gasteiger partial charge in [0, 0.05) is 23.0 Å². The van der Waals surface area contributed by atoms with Crippen LogP contribution in [0.15, 0.2) is 30.9 Å². The van der Waals surface area contributed by atoms with Gasteiger partial charge >= 0.3 is 0 Å². The number of anilines is 2. The summed E-state index contributed by atoms with van der Waals surface area (Å²) < 4.78 is 0. The Morgan fingerprint density at radius 1 is 1.11 bits per heavy atom. The van der Waals surface area contributed by atoms with Crippen molar-refractivity contribution in [1.82, 2.24) is 15.0 Å². The van der Waals surface area contributed by atoms with E-state index in [1.54, 1.807) is 30.1 Å². The summed E-state index contributed by atoms with van der Waals surface area (Å²) in [5, 5.41) is 4.42. The summed E-state index contributed by atoms with van der Waals surface area (Å²) in [5.41, 5.74) is 2.22. The highest BCUT2D eigenvalue weighted by molar-refractivity contribution is 7.18. The highest BCUT2D eigenvalue weighted by Gasteiger charge is 2.11. The van der Waals surface area contributed by atoms with Crippen molar-refractivity contribution in [3.63, 3.8) is 0 Å². The number of pyridine rings is 1. The highest BCUT2D eigenvalue weighted by Crippen LogP contribution is 2.33. The van der Waals surface area contributed by atoms with Crippen molar-refractivity contribution in [2.24, 2.45) is 0 Å². The van der Waals surface area contributed by atoms with Crippen molar-refractivity contribution in [3.05, 3.63) is 41.3 Å². The number of hydrogen-bond acceptors (Lipinski definition) is 5. The van der Waals surface area contributed by atoms with Gasteiger partial charge in [-0.3, -0.25) is 4.98 Å². The smallest absolute Gasteiger partial charge is 0.142 e. The maximum atomic E-state index is 4.34. The largest absolute Gasteiger partial charge is 0.339 e. The molecule has 0 amide bonds. The van der Waals surface area contributed by atoms with Crippen LogP contribution in [0.4, 0.5) is 11.5 Å². The summed E-state index contributed by atoms with van der Waals surface area (Å²) in [6.07, 6.45) is 5.11. The van der Waals surface area contributed by atoms with Crippen molar-refractivity contribution in [2.75, 3.05) is 5.32 Å². The summed E-state index contributed by atoms with van der Waals surface area (Å²) in [6.45, 7) is 4.22. The fourth-order valence-electron chi connectivity index (χ4n) is 1.85. The lowest BCUT2D eigenvalue weighted by Gasteiger charge is -2.06. The summed E-state index contributed by atoms with van der Waals surface area (Å²) in [5.74, 6) is 0.855. The predicted molar refractivity (Wildman–Crippen MR) is 74.4 cm³/mol. The second-order valence-electron chi connectivity index (χ2n) is 4.05. The maximum Gasteiger partial charge on any atom is 0.142 e. The molecule has 0 spiro atoms. The van der Waals surface area contributed by atoms with Crippen LogP contribution in [-0.4, -0.2) is 15.0 Å². The first-order valence-electron chi connectivity index (χ1n) is 5.63. The van der Waals surface area contributed by atoms with E-state index >= 15 is 0 Å². The number of thiophene rings is 1. The molecular formula is C13H12N4S. The second kappa shape index (κ2) is 4.34. The number of rotatable bonds is 2. The molecular weight excluding hydrogens is 244 g/mol. The van der Waals surface area contributed by atoms with E-state index in [9.17, 15) is 0 Å². The van der Waals surface area contributed by atoms with Crippen molar-refractivity contribution in [3.8, 4) is 0 Å². The van der Waals surface area contributed by atoms with Crippen LogP contribution in [0.3, 0.4) is 0 Å².